The van der Waals surface area contributed by atoms with Crippen molar-refractivity contribution in [2.45, 2.75) is 38.5 Å². The van der Waals surface area contributed by atoms with Crippen molar-refractivity contribution in [3.8, 4) is 0 Å². The summed E-state index contributed by atoms with van der Waals surface area (Å²) in [5.41, 5.74) is 5.65. The molecule has 6 nitrogen and oxygen atoms in total. The molecule has 4 fully saturated rings. The monoisotopic (exact) mass is 441 g/mol. The maximum Gasteiger partial charge on any atom is 0.260 e. The number of thiazole rings is 1. The summed E-state index contributed by atoms with van der Waals surface area (Å²) in [4.78, 5) is 41.6. The first kappa shape index (κ1) is 20.3. The van der Waals surface area contributed by atoms with Crippen molar-refractivity contribution in [3.63, 3.8) is 0 Å². The van der Waals surface area contributed by atoms with E-state index in [0.29, 0.717) is 29.9 Å². The standard InChI is InChI=1S/C23H24FN3O3S/c24-17-4-2-1-3-15(17)20(29)27-22-26-18(11-31-22)19(28)7-16-13-5-12-6-14(16)10-23(8-12,9-13)21(25)30/h1-4,11-14,16H,5-10H2,(H2,25,30)(H,26,27,29). The number of ketones is 1. The summed E-state index contributed by atoms with van der Waals surface area (Å²) in [5.74, 6) is 0.112. The highest BCUT2D eigenvalue weighted by atomic mass is 32.1. The Kier molecular flexibility index (Phi) is 4.92. The first-order chi connectivity index (χ1) is 14.8. The van der Waals surface area contributed by atoms with Gasteiger partial charge >= 0.3 is 0 Å². The second-order valence-corrected chi connectivity index (χ2v) is 10.2. The number of carbonyl (C=O) groups is 3. The highest BCUT2D eigenvalue weighted by molar-refractivity contribution is 7.14. The second kappa shape index (κ2) is 7.51. The van der Waals surface area contributed by atoms with Crippen LogP contribution in [0.3, 0.4) is 0 Å². The fourth-order valence-corrected chi connectivity index (χ4v) is 7.06. The number of anilines is 1. The van der Waals surface area contributed by atoms with E-state index in [1.807, 2.05) is 0 Å². The van der Waals surface area contributed by atoms with E-state index >= 15 is 0 Å². The van der Waals surface area contributed by atoms with Crippen LogP contribution >= 0.6 is 11.3 Å². The minimum absolute atomic E-state index is 0.0479. The van der Waals surface area contributed by atoms with Gasteiger partial charge in [-0.2, -0.15) is 0 Å². The van der Waals surface area contributed by atoms with Gasteiger partial charge in [-0.15, -0.1) is 11.3 Å². The summed E-state index contributed by atoms with van der Waals surface area (Å²) in [6.45, 7) is 0. The minimum atomic E-state index is -0.608. The van der Waals surface area contributed by atoms with Gasteiger partial charge in [-0.25, -0.2) is 9.37 Å². The molecule has 4 bridgehead atoms. The van der Waals surface area contributed by atoms with Crippen molar-refractivity contribution in [3.05, 3.63) is 46.7 Å². The number of primary amides is 1. The van der Waals surface area contributed by atoms with E-state index in [1.54, 1.807) is 11.4 Å². The van der Waals surface area contributed by atoms with Gasteiger partial charge in [-0.1, -0.05) is 12.1 Å². The molecule has 1 aromatic heterocycles. The molecule has 1 aromatic carbocycles. The number of halogens is 1. The first-order valence-electron chi connectivity index (χ1n) is 10.7. The van der Waals surface area contributed by atoms with Gasteiger partial charge in [-0.3, -0.25) is 19.7 Å². The average molecular weight is 442 g/mol. The quantitative estimate of drug-likeness (QED) is 0.661. The number of aromatic nitrogens is 1. The third-order valence-corrected chi connectivity index (χ3v) is 8.30. The summed E-state index contributed by atoms with van der Waals surface area (Å²) in [5, 5.41) is 4.48. The molecule has 2 aromatic rings. The smallest absolute Gasteiger partial charge is 0.260 e. The molecule has 162 valence electrons. The fraction of sp³-hybridized carbons (Fsp3) is 0.478. The number of carbonyl (C=O) groups excluding carboxylic acids is 3. The van der Waals surface area contributed by atoms with Crippen molar-refractivity contribution < 1.29 is 18.8 Å². The molecule has 8 heteroatoms. The fourth-order valence-electron chi connectivity index (χ4n) is 6.35. The van der Waals surface area contributed by atoms with Gasteiger partial charge in [0.25, 0.3) is 5.91 Å². The Bertz CT molecular complexity index is 1050. The van der Waals surface area contributed by atoms with E-state index < -0.39 is 11.7 Å². The summed E-state index contributed by atoms with van der Waals surface area (Å²) in [6.07, 6.45) is 5.06. The highest BCUT2D eigenvalue weighted by Crippen LogP contribution is 2.62. The lowest BCUT2D eigenvalue weighted by atomic mass is 9.45. The zero-order valence-electron chi connectivity index (χ0n) is 17.0. The Morgan fingerprint density at radius 1 is 1.16 bits per heavy atom. The van der Waals surface area contributed by atoms with Gasteiger partial charge in [0.2, 0.25) is 5.91 Å². The number of nitrogens with two attached hydrogens (primary N) is 1. The van der Waals surface area contributed by atoms with E-state index in [4.69, 9.17) is 5.73 Å². The van der Waals surface area contributed by atoms with Crippen LogP contribution in [0.15, 0.2) is 29.6 Å². The predicted octanol–water partition coefficient (Wildman–Crippen LogP) is 4.04. The van der Waals surface area contributed by atoms with E-state index in [2.05, 4.69) is 10.3 Å². The second-order valence-electron chi connectivity index (χ2n) is 9.38. The molecule has 2 unspecified atom stereocenters. The van der Waals surface area contributed by atoms with Crippen LogP contribution in [0.4, 0.5) is 9.52 Å². The predicted molar refractivity (Wildman–Crippen MR) is 114 cm³/mol. The third-order valence-electron chi connectivity index (χ3n) is 7.54. The van der Waals surface area contributed by atoms with Crippen LogP contribution < -0.4 is 11.1 Å². The number of hydrogen-bond donors (Lipinski definition) is 2. The van der Waals surface area contributed by atoms with E-state index in [-0.39, 0.29) is 33.7 Å². The van der Waals surface area contributed by atoms with E-state index in [9.17, 15) is 18.8 Å². The van der Waals surface area contributed by atoms with Gasteiger partial charge in [0, 0.05) is 17.2 Å². The molecular weight excluding hydrogens is 417 g/mol. The Morgan fingerprint density at radius 3 is 2.55 bits per heavy atom. The largest absolute Gasteiger partial charge is 0.369 e. The van der Waals surface area contributed by atoms with Gasteiger partial charge in [0.05, 0.1) is 5.56 Å². The molecule has 1 heterocycles. The Hall–Kier alpha value is -2.61. The number of amides is 2. The number of nitrogens with zero attached hydrogens (tertiary/aromatic N) is 1. The first-order valence-corrected chi connectivity index (χ1v) is 11.6. The zero-order chi connectivity index (χ0) is 21.8. The van der Waals surface area contributed by atoms with E-state index in [1.165, 1.54) is 18.2 Å². The highest BCUT2D eigenvalue weighted by Gasteiger charge is 2.57. The normalized spacial score (nSPS) is 30.9. The van der Waals surface area contributed by atoms with Crippen LogP contribution in [0.1, 0.15) is 59.4 Å². The maximum atomic E-state index is 13.8. The van der Waals surface area contributed by atoms with E-state index in [0.717, 1.165) is 43.4 Å². The van der Waals surface area contributed by atoms with Crippen molar-refractivity contribution in [2.75, 3.05) is 5.32 Å². The van der Waals surface area contributed by atoms with Gasteiger partial charge in [-0.05, 0) is 67.9 Å². The summed E-state index contributed by atoms with van der Waals surface area (Å²) >= 11 is 1.15. The van der Waals surface area contributed by atoms with Gasteiger partial charge in [0.15, 0.2) is 10.9 Å². The number of rotatable bonds is 6. The maximum absolute atomic E-state index is 13.8. The van der Waals surface area contributed by atoms with Crippen LogP contribution in [0.25, 0.3) is 0 Å². The summed E-state index contributed by atoms with van der Waals surface area (Å²) in [6, 6.07) is 5.72. The molecule has 3 N–H and O–H groups in total. The van der Waals surface area contributed by atoms with Crippen LogP contribution in [-0.4, -0.2) is 22.6 Å². The minimum Gasteiger partial charge on any atom is -0.369 e. The summed E-state index contributed by atoms with van der Waals surface area (Å²) in [7, 11) is 0. The number of nitrogens with one attached hydrogen (secondary N) is 1. The number of hydrogen-bond acceptors (Lipinski definition) is 5. The third kappa shape index (κ3) is 3.56. The van der Waals surface area contributed by atoms with Crippen molar-refractivity contribution >= 4 is 34.1 Å². The SMILES string of the molecule is NC(=O)C12CC3CC(C1)C(CC(=O)c1csc(NC(=O)c4ccccc4F)n1)C(C3)C2. The lowest BCUT2D eigenvalue weighted by Gasteiger charge is -2.58. The molecule has 4 aliphatic rings. The van der Waals surface area contributed by atoms with Crippen molar-refractivity contribution in [1.29, 1.82) is 0 Å². The Balaban J connectivity index is 1.25. The lowest BCUT2D eigenvalue weighted by molar-refractivity contribution is -0.149. The van der Waals surface area contributed by atoms with Crippen LogP contribution in [-0.2, 0) is 4.79 Å². The van der Waals surface area contributed by atoms with Crippen molar-refractivity contribution in [1.82, 2.24) is 4.98 Å². The van der Waals surface area contributed by atoms with Crippen LogP contribution in [0.5, 0.6) is 0 Å². The van der Waals surface area contributed by atoms with Gasteiger partial charge < -0.3 is 5.73 Å². The molecule has 4 aliphatic carbocycles. The molecule has 6 rings (SSSR count). The Labute approximate surface area is 183 Å². The molecular formula is C23H24FN3O3S. The lowest BCUT2D eigenvalue weighted by Crippen LogP contribution is -2.56. The average Bonchev–Trinajstić information content (AvgIpc) is 3.19. The zero-order valence-corrected chi connectivity index (χ0v) is 17.8. The van der Waals surface area contributed by atoms with Gasteiger partial charge in [0.1, 0.15) is 11.5 Å². The molecule has 0 spiro atoms. The Morgan fingerprint density at radius 2 is 1.87 bits per heavy atom. The van der Waals surface area contributed by atoms with Crippen molar-refractivity contribution in [2.24, 2.45) is 34.8 Å². The number of Topliss-reactive ketones (excluding diaryl/α,β-unsaturated/α-hetero) is 1. The number of benzene rings is 1. The molecule has 0 saturated heterocycles. The van der Waals surface area contributed by atoms with Crippen LogP contribution in [0.2, 0.25) is 0 Å². The molecule has 0 radical (unpaired) electrons. The molecule has 4 saturated carbocycles. The molecule has 2 atom stereocenters. The molecule has 0 aliphatic heterocycles. The summed E-state index contributed by atoms with van der Waals surface area (Å²) < 4.78 is 13.8. The molecule has 31 heavy (non-hydrogen) atoms. The molecule has 2 amide bonds. The van der Waals surface area contributed by atoms with Crippen LogP contribution in [0, 0.1) is 34.9 Å². The topological polar surface area (TPSA) is 102 Å².